The van der Waals surface area contributed by atoms with Gasteiger partial charge in [0.1, 0.15) is 11.6 Å². The summed E-state index contributed by atoms with van der Waals surface area (Å²) in [6.45, 7) is 1.39. The Morgan fingerprint density at radius 3 is 2.60 bits per heavy atom. The zero-order chi connectivity index (χ0) is 11.6. The molecule has 0 heterocycles. The summed E-state index contributed by atoms with van der Waals surface area (Å²) in [5.74, 6) is -1.86. The monoisotopic (exact) mass is 214 g/mol. The van der Waals surface area contributed by atoms with Gasteiger partial charge in [-0.3, -0.25) is 0 Å². The van der Waals surface area contributed by atoms with Crippen molar-refractivity contribution in [3.63, 3.8) is 0 Å². The van der Waals surface area contributed by atoms with Gasteiger partial charge in [0.05, 0.1) is 7.11 Å². The standard InChI is InChI=1S/C10H11FO4/c1-5-6(11)3-4-7(15-2)8(5)9(12)10(13)14/h3-4,9,12H,1-2H3,(H,13,14). The molecule has 1 aromatic rings. The van der Waals surface area contributed by atoms with Gasteiger partial charge in [-0.25, -0.2) is 9.18 Å². The molecular weight excluding hydrogens is 203 g/mol. The van der Waals surface area contributed by atoms with Crippen LogP contribution in [0.4, 0.5) is 4.39 Å². The molecule has 1 aromatic carbocycles. The number of methoxy groups -OCH3 is 1. The molecule has 0 amide bonds. The van der Waals surface area contributed by atoms with Crippen LogP contribution < -0.4 is 4.74 Å². The molecule has 0 radical (unpaired) electrons. The molecule has 0 saturated heterocycles. The Hall–Kier alpha value is -1.62. The van der Waals surface area contributed by atoms with Crippen LogP contribution in [-0.2, 0) is 4.79 Å². The van der Waals surface area contributed by atoms with Crippen molar-refractivity contribution in [1.82, 2.24) is 0 Å². The van der Waals surface area contributed by atoms with E-state index in [-0.39, 0.29) is 16.9 Å². The fourth-order valence-electron chi connectivity index (χ4n) is 1.32. The number of ether oxygens (including phenoxy) is 1. The van der Waals surface area contributed by atoms with E-state index in [1.807, 2.05) is 0 Å². The normalized spacial score (nSPS) is 12.3. The van der Waals surface area contributed by atoms with Gasteiger partial charge in [0.2, 0.25) is 0 Å². The quantitative estimate of drug-likeness (QED) is 0.794. The molecule has 1 atom stereocenters. The lowest BCUT2D eigenvalue weighted by Gasteiger charge is -2.14. The molecule has 0 fully saturated rings. The molecule has 82 valence electrons. The van der Waals surface area contributed by atoms with Gasteiger partial charge in [-0.1, -0.05) is 0 Å². The molecule has 0 saturated carbocycles. The SMILES string of the molecule is COc1ccc(F)c(C)c1C(O)C(=O)O. The first kappa shape index (κ1) is 11.5. The molecule has 1 rings (SSSR count). The number of carbonyl (C=O) groups is 1. The number of benzene rings is 1. The summed E-state index contributed by atoms with van der Waals surface area (Å²) >= 11 is 0. The Kier molecular flexibility index (Phi) is 3.26. The Labute approximate surface area is 85.9 Å². The smallest absolute Gasteiger partial charge is 0.337 e. The summed E-state index contributed by atoms with van der Waals surface area (Å²) < 4.78 is 18.0. The van der Waals surface area contributed by atoms with E-state index in [4.69, 9.17) is 9.84 Å². The van der Waals surface area contributed by atoms with Gasteiger partial charge < -0.3 is 14.9 Å². The first-order valence-electron chi connectivity index (χ1n) is 4.23. The van der Waals surface area contributed by atoms with Gasteiger partial charge in [0, 0.05) is 5.56 Å². The average Bonchev–Trinajstić information content (AvgIpc) is 2.20. The summed E-state index contributed by atoms with van der Waals surface area (Å²) in [7, 11) is 1.32. The summed E-state index contributed by atoms with van der Waals surface area (Å²) in [6.07, 6.45) is -1.78. The fourth-order valence-corrected chi connectivity index (χ4v) is 1.32. The molecule has 0 aliphatic carbocycles. The van der Waals surface area contributed by atoms with Crippen LogP contribution >= 0.6 is 0 Å². The van der Waals surface area contributed by atoms with E-state index in [9.17, 15) is 14.3 Å². The number of aliphatic carboxylic acids is 1. The lowest BCUT2D eigenvalue weighted by atomic mass is 10.0. The van der Waals surface area contributed by atoms with E-state index >= 15 is 0 Å². The zero-order valence-electron chi connectivity index (χ0n) is 8.32. The number of aliphatic hydroxyl groups is 1. The van der Waals surface area contributed by atoms with Crippen LogP contribution in [0.25, 0.3) is 0 Å². The number of carboxylic acids is 1. The molecule has 15 heavy (non-hydrogen) atoms. The zero-order valence-corrected chi connectivity index (χ0v) is 8.32. The van der Waals surface area contributed by atoms with E-state index in [1.54, 1.807) is 0 Å². The van der Waals surface area contributed by atoms with Gasteiger partial charge in [-0.15, -0.1) is 0 Å². The topological polar surface area (TPSA) is 66.8 Å². The first-order valence-corrected chi connectivity index (χ1v) is 4.23. The van der Waals surface area contributed by atoms with Crippen LogP contribution in [0, 0.1) is 12.7 Å². The summed E-state index contributed by atoms with van der Waals surface area (Å²) in [5.41, 5.74) is 0.0225. The van der Waals surface area contributed by atoms with Crippen LogP contribution in [0.15, 0.2) is 12.1 Å². The second-order valence-corrected chi connectivity index (χ2v) is 3.03. The minimum absolute atomic E-state index is 0.0509. The fraction of sp³-hybridized carbons (Fsp3) is 0.300. The number of halogens is 1. The van der Waals surface area contributed by atoms with E-state index in [2.05, 4.69) is 0 Å². The number of rotatable bonds is 3. The van der Waals surface area contributed by atoms with Gasteiger partial charge in [0.25, 0.3) is 0 Å². The highest BCUT2D eigenvalue weighted by Crippen LogP contribution is 2.30. The number of hydrogen-bond acceptors (Lipinski definition) is 3. The van der Waals surface area contributed by atoms with E-state index in [0.717, 1.165) is 6.07 Å². The predicted octanol–water partition coefficient (Wildman–Crippen LogP) is 1.26. The maximum atomic E-state index is 13.2. The van der Waals surface area contributed by atoms with Gasteiger partial charge in [0.15, 0.2) is 6.10 Å². The second kappa shape index (κ2) is 4.27. The minimum Gasteiger partial charge on any atom is -0.496 e. The number of aliphatic hydroxyl groups excluding tert-OH is 1. The highest BCUT2D eigenvalue weighted by Gasteiger charge is 2.24. The van der Waals surface area contributed by atoms with Crippen molar-refractivity contribution in [3.05, 3.63) is 29.1 Å². The lowest BCUT2D eigenvalue weighted by molar-refractivity contribution is -0.147. The molecule has 5 heteroatoms. The van der Waals surface area contributed by atoms with Crippen molar-refractivity contribution in [3.8, 4) is 5.75 Å². The van der Waals surface area contributed by atoms with Crippen LogP contribution in [0.1, 0.15) is 17.2 Å². The van der Waals surface area contributed by atoms with Crippen molar-refractivity contribution in [1.29, 1.82) is 0 Å². The number of hydrogen-bond donors (Lipinski definition) is 2. The molecule has 0 aromatic heterocycles. The largest absolute Gasteiger partial charge is 0.496 e. The molecule has 0 spiro atoms. The highest BCUT2D eigenvalue weighted by molar-refractivity contribution is 5.76. The molecule has 4 nitrogen and oxygen atoms in total. The summed E-state index contributed by atoms with van der Waals surface area (Å²) in [5, 5.41) is 18.0. The average molecular weight is 214 g/mol. The third kappa shape index (κ3) is 2.07. The van der Waals surface area contributed by atoms with Crippen molar-refractivity contribution in [2.75, 3.05) is 7.11 Å². The molecule has 2 N–H and O–H groups in total. The van der Waals surface area contributed by atoms with Crippen molar-refractivity contribution < 1.29 is 24.1 Å². The van der Waals surface area contributed by atoms with Crippen LogP contribution in [-0.4, -0.2) is 23.3 Å². The van der Waals surface area contributed by atoms with E-state index < -0.39 is 17.9 Å². The maximum absolute atomic E-state index is 13.2. The summed E-state index contributed by atoms with van der Waals surface area (Å²) in [4.78, 5) is 10.6. The third-order valence-electron chi connectivity index (χ3n) is 2.14. The Morgan fingerprint density at radius 1 is 1.53 bits per heavy atom. The van der Waals surface area contributed by atoms with Crippen molar-refractivity contribution in [2.24, 2.45) is 0 Å². The van der Waals surface area contributed by atoms with Gasteiger partial charge in [-0.2, -0.15) is 0 Å². The Bertz CT molecular complexity index is 389. The third-order valence-corrected chi connectivity index (χ3v) is 2.14. The number of carboxylic acid groups (broad SMARTS) is 1. The molecule has 0 bridgehead atoms. The Balaban J connectivity index is 3.35. The highest BCUT2D eigenvalue weighted by atomic mass is 19.1. The van der Waals surface area contributed by atoms with Gasteiger partial charge >= 0.3 is 5.97 Å². The summed E-state index contributed by atoms with van der Waals surface area (Å²) in [6, 6.07) is 2.44. The predicted molar refractivity (Wildman–Crippen MR) is 50.3 cm³/mol. The molecule has 1 unspecified atom stereocenters. The molecule has 0 aliphatic rings. The van der Waals surface area contributed by atoms with Crippen LogP contribution in [0.2, 0.25) is 0 Å². The van der Waals surface area contributed by atoms with Crippen molar-refractivity contribution >= 4 is 5.97 Å². The second-order valence-electron chi connectivity index (χ2n) is 3.03. The molecule has 0 aliphatic heterocycles. The van der Waals surface area contributed by atoms with Crippen LogP contribution in [0.5, 0.6) is 5.75 Å². The first-order chi connectivity index (χ1) is 6.99. The van der Waals surface area contributed by atoms with Gasteiger partial charge in [-0.05, 0) is 24.6 Å². The van der Waals surface area contributed by atoms with E-state index in [1.165, 1.54) is 20.1 Å². The maximum Gasteiger partial charge on any atom is 0.337 e. The minimum atomic E-state index is -1.78. The van der Waals surface area contributed by atoms with Crippen LogP contribution in [0.3, 0.4) is 0 Å². The van der Waals surface area contributed by atoms with E-state index in [0.29, 0.717) is 0 Å². The Morgan fingerprint density at radius 2 is 2.13 bits per heavy atom. The van der Waals surface area contributed by atoms with Crippen molar-refractivity contribution in [2.45, 2.75) is 13.0 Å². The lowest BCUT2D eigenvalue weighted by Crippen LogP contribution is -2.14. The molecular formula is C10H11FO4.